The predicted octanol–water partition coefficient (Wildman–Crippen LogP) is 1.56. The molecule has 0 saturated carbocycles. The van der Waals surface area contributed by atoms with Gasteiger partial charge in [0.2, 0.25) is 0 Å². The van der Waals surface area contributed by atoms with Crippen molar-refractivity contribution in [3.05, 3.63) is 40.8 Å². The fraction of sp³-hybridized carbons (Fsp3) is 0.333. The zero-order valence-electron chi connectivity index (χ0n) is 10.5. The van der Waals surface area contributed by atoms with Crippen molar-refractivity contribution in [2.75, 3.05) is 11.9 Å². The number of halogens is 1. The quantitative estimate of drug-likeness (QED) is 0.912. The van der Waals surface area contributed by atoms with Gasteiger partial charge in [-0.3, -0.25) is 4.68 Å². The third-order valence-corrected chi connectivity index (χ3v) is 3.12. The molecule has 5 nitrogen and oxygen atoms in total. The zero-order valence-corrected chi connectivity index (χ0v) is 11.2. The molecule has 2 rings (SSSR count). The van der Waals surface area contributed by atoms with Gasteiger partial charge in [0.1, 0.15) is 5.82 Å². The number of aromatic nitrogens is 3. The molecule has 0 aliphatic heterocycles. The van der Waals surface area contributed by atoms with E-state index in [1.54, 1.807) is 10.9 Å². The maximum Gasteiger partial charge on any atom is 0.147 e. The van der Waals surface area contributed by atoms with Gasteiger partial charge in [-0.05, 0) is 11.6 Å². The molecule has 18 heavy (non-hydrogen) atoms. The smallest absolute Gasteiger partial charge is 0.147 e. The Morgan fingerprint density at radius 3 is 2.89 bits per heavy atom. The Kier molecular flexibility index (Phi) is 3.84. The average Bonchev–Trinajstić information content (AvgIpc) is 2.75. The maximum absolute atomic E-state index is 6.27. The first-order chi connectivity index (χ1) is 8.61. The molecule has 2 N–H and O–H groups in total. The van der Waals surface area contributed by atoms with Crippen LogP contribution in [0.3, 0.4) is 0 Å². The van der Waals surface area contributed by atoms with Crippen molar-refractivity contribution >= 4 is 17.4 Å². The van der Waals surface area contributed by atoms with Crippen molar-refractivity contribution < 1.29 is 0 Å². The van der Waals surface area contributed by atoms with Crippen LogP contribution in [0.25, 0.3) is 0 Å². The van der Waals surface area contributed by atoms with Gasteiger partial charge in [0.15, 0.2) is 0 Å². The fourth-order valence-corrected chi connectivity index (χ4v) is 2.13. The molecule has 2 heterocycles. The van der Waals surface area contributed by atoms with E-state index in [2.05, 4.69) is 10.1 Å². The number of anilines is 1. The van der Waals surface area contributed by atoms with Crippen LogP contribution in [0.2, 0.25) is 5.02 Å². The SMILES string of the molecule is CN(Cc1cnn(C)c1)c1nccc(CN)c1Cl. The lowest BCUT2D eigenvalue weighted by Gasteiger charge is -2.19. The number of hydrogen-bond donors (Lipinski definition) is 1. The van der Waals surface area contributed by atoms with E-state index in [9.17, 15) is 0 Å². The predicted molar refractivity (Wildman–Crippen MR) is 72.5 cm³/mol. The molecule has 0 bridgehead atoms. The molecule has 0 fully saturated rings. The molecule has 0 aliphatic rings. The molecule has 2 aromatic rings. The van der Waals surface area contributed by atoms with Crippen molar-refractivity contribution in [2.24, 2.45) is 12.8 Å². The monoisotopic (exact) mass is 265 g/mol. The van der Waals surface area contributed by atoms with E-state index in [1.165, 1.54) is 0 Å². The molecule has 0 spiro atoms. The second-order valence-electron chi connectivity index (χ2n) is 4.19. The third-order valence-electron chi connectivity index (χ3n) is 2.71. The van der Waals surface area contributed by atoms with Crippen LogP contribution < -0.4 is 10.6 Å². The molecule has 0 aliphatic carbocycles. The zero-order chi connectivity index (χ0) is 13.1. The van der Waals surface area contributed by atoms with Gasteiger partial charge in [-0.15, -0.1) is 0 Å². The number of hydrogen-bond acceptors (Lipinski definition) is 4. The van der Waals surface area contributed by atoms with Crippen LogP contribution in [0.1, 0.15) is 11.1 Å². The summed E-state index contributed by atoms with van der Waals surface area (Å²) in [7, 11) is 3.84. The Morgan fingerprint density at radius 1 is 1.50 bits per heavy atom. The molecular weight excluding hydrogens is 250 g/mol. The van der Waals surface area contributed by atoms with Crippen LogP contribution in [0.15, 0.2) is 24.7 Å². The van der Waals surface area contributed by atoms with Gasteiger partial charge in [-0.2, -0.15) is 5.10 Å². The highest BCUT2D eigenvalue weighted by Gasteiger charge is 2.11. The van der Waals surface area contributed by atoms with E-state index >= 15 is 0 Å². The van der Waals surface area contributed by atoms with Crippen molar-refractivity contribution in [3.8, 4) is 0 Å². The van der Waals surface area contributed by atoms with Crippen LogP contribution in [0.4, 0.5) is 5.82 Å². The van der Waals surface area contributed by atoms with Gasteiger partial charge >= 0.3 is 0 Å². The van der Waals surface area contributed by atoms with E-state index in [0.29, 0.717) is 18.1 Å². The first-order valence-electron chi connectivity index (χ1n) is 5.64. The molecule has 0 radical (unpaired) electrons. The van der Waals surface area contributed by atoms with E-state index < -0.39 is 0 Å². The highest BCUT2D eigenvalue weighted by Crippen LogP contribution is 2.26. The van der Waals surface area contributed by atoms with Gasteiger partial charge in [0, 0.05) is 45.1 Å². The molecule has 0 atom stereocenters. The number of nitrogens with zero attached hydrogens (tertiary/aromatic N) is 4. The lowest BCUT2D eigenvalue weighted by Crippen LogP contribution is -2.18. The van der Waals surface area contributed by atoms with Crippen LogP contribution >= 0.6 is 11.6 Å². The van der Waals surface area contributed by atoms with Crippen LogP contribution in [0.5, 0.6) is 0 Å². The van der Waals surface area contributed by atoms with Crippen molar-refractivity contribution in [2.45, 2.75) is 13.1 Å². The minimum absolute atomic E-state index is 0.412. The molecule has 96 valence electrons. The Hall–Kier alpha value is -1.59. The number of aryl methyl sites for hydroxylation is 1. The van der Waals surface area contributed by atoms with Crippen molar-refractivity contribution in [1.82, 2.24) is 14.8 Å². The van der Waals surface area contributed by atoms with Crippen LogP contribution in [-0.4, -0.2) is 21.8 Å². The Balaban J connectivity index is 2.21. The largest absolute Gasteiger partial charge is 0.354 e. The number of pyridine rings is 1. The molecule has 0 aromatic carbocycles. The first-order valence-corrected chi connectivity index (χ1v) is 6.01. The van der Waals surface area contributed by atoms with E-state index in [-0.39, 0.29) is 0 Å². The van der Waals surface area contributed by atoms with E-state index in [0.717, 1.165) is 16.9 Å². The summed E-state index contributed by atoms with van der Waals surface area (Å²) >= 11 is 6.27. The number of rotatable bonds is 4. The molecule has 2 aromatic heterocycles. The number of nitrogens with two attached hydrogens (primary N) is 1. The second kappa shape index (κ2) is 5.37. The summed E-state index contributed by atoms with van der Waals surface area (Å²) in [5.74, 6) is 0.739. The molecular formula is C12H16ClN5. The second-order valence-corrected chi connectivity index (χ2v) is 4.57. The third kappa shape index (κ3) is 2.63. The Labute approximate surface area is 111 Å². The topological polar surface area (TPSA) is 60.0 Å². The molecule has 0 saturated heterocycles. The summed E-state index contributed by atoms with van der Waals surface area (Å²) in [5, 5.41) is 4.75. The minimum Gasteiger partial charge on any atom is -0.354 e. The summed E-state index contributed by atoms with van der Waals surface area (Å²) in [5.41, 5.74) is 7.64. The fourth-order valence-electron chi connectivity index (χ4n) is 1.80. The van der Waals surface area contributed by atoms with Crippen molar-refractivity contribution in [1.29, 1.82) is 0 Å². The molecule has 6 heteroatoms. The molecule has 0 unspecified atom stereocenters. The normalized spacial score (nSPS) is 10.7. The van der Waals surface area contributed by atoms with Gasteiger partial charge in [0.25, 0.3) is 0 Å². The summed E-state index contributed by atoms with van der Waals surface area (Å²) < 4.78 is 1.77. The minimum atomic E-state index is 0.412. The van der Waals surface area contributed by atoms with Crippen LogP contribution in [0, 0.1) is 0 Å². The first kappa shape index (κ1) is 12.9. The summed E-state index contributed by atoms with van der Waals surface area (Å²) in [6, 6.07) is 1.84. The summed E-state index contributed by atoms with van der Waals surface area (Å²) in [6.07, 6.45) is 5.53. The van der Waals surface area contributed by atoms with Gasteiger partial charge < -0.3 is 10.6 Å². The van der Waals surface area contributed by atoms with Crippen LogP contribution in [-0.2, 0) is 20.1 Å². The van der Waals surface area contributed by atoms with Crippen molar-refractivity contribution in [3.63, 3.8) is 0 Å². The highest BCUT2D eigenvalue weighted by atomic mass is 35.5. The van der Waals surface area contributed by atoms with Gasteiger partial charge in [0.05, 0.1) is 11.2 Å². The van der Waals surface area contributed by atoms with Gasteiger partial charge in [-0.25, -0.2) is 4.98 Å². The lowest BCUT2D eigenvalue weighted by molar-refractivity contribution is 0.766. The lowest BCUT2D eigenvalue weighted by atomic mass is 10.2. The maximum atomic E-state index is 6.27. The Morgan fingerprint density at radius 2 is 2.28 bits per heavy atom. The average molecular weight is 266 g/mol. The standard InChI is InChI=1S/C12H16ClN5/c1-17(7-9-6-16-18(2)8-9)12-11(13)10(5-14)3-4-15-12/h3-4,6,8H,5,7,14H2,1-2H3. The summed E-state index contributed by atoms with van der Waals surface area (Å²) in [6.45, 7) is 1.11. The van der Waals surface area contributed by atoms with E-state index in [1.807, 2.05) is 37.5 Å². The highest BCUT2D eigenvalue weighted by molar-refractivity contribution is 6.33. The summed E-state index contributed by atoms with van der Waals surface area (Å²) in [4.78, 5) is 6.29. The molecule has 0 amide bonds. The van der Waals surface area contributed by atoms with E-state index in [4.69, 9.17) is 17.3 Å². The van der Waals surface area contributed by atoms with Gasteiger partial charge in [-0.1, -0.05) is 11.6 Å². The Bertz CT molecular complexity index is 537.